The molecule has 0 aliphatic rings. The lowest BCUT2D eigenvalue weighted by molar-refractivity contribution is 0.415. The summed E-state index contributed by atoms with van der Waals surface area (Å²) in [6.07, 6.45) is 0. The van der Waals surface area contributed by atoms with Crippen LogP contribution >= 0.6 is 0 Å². The first-order valence-corrected chi connectivity index (χ1v) is 7.00. The summed E-state index contributed by atoms with van der Waals surface area (Å²) in [5, 5.41) is 9.64. The monoisotopic (exact) mass is 302 g/mol. The van der Waals surface area contributed by atoms with E-state index < -0.39 is 0 Å². The van der Waals surface area contributed by atoms with E-state index in [1.165, 1.54) is 0 Å². The number of methoxy groups -OCH3 is 1. The summed E-state index contributed by atoms with van der Waals surface area (Å²) in [7, 11) is 1.59. The number of nitrogens with two attached hydrogens (primary N) is 1. The highest BCUT2D eigenvalue weighted by atomic mass is 16.5. The van der Waals surface area contributed by atoms with Crippen LogP contribution in [0, 0.1) is 11.3 Å². The Kier molecular flexibility index (Phi) is 3.89. The van der Waals surface area contributed by atoms with Gasteiger partial charge in [0.2, 0.25) is 5.95 Å². The number of aromatic nitrogens is 2. The molecule has 2 N–H and O–H groups in total. The number of hydrogen-bond donors (Lipinski definition) is 1. The van der Waals surface area contributed by atoms with Crippen molar-refractivity contribution in [1.82, 2.24) is 9.97 Å². The molecule has 3 rings (SSSR count). The molecule has 1 heterocycles. The number of nitrogens with zero attached hydrogens (tertiary/aromatic N) is 3. The van der Waals surface area contributed by atoms with Crippen molar-refractivity contribution in [3.63, 3.8) is 0 Å². The van der Waals surface area contributed by atoms with Gasteiger partial charge in [0.25, 0.3) is 0 Å². The molecule has 5 nitrogen and oxygen atoms in total. The van der Waals surface area contributed by atoms with Crippen LogP contribution in [-0.2, 0) is 0 Å². The first kappa shape index (κ1) is 14.5. The van der Waals surface area contributed by atoms with Crippen LogP contribution in [0.25, 0.3) is 22.5 Å². The smallest absolute Gasteiger partial charge is 0.221 e. The molecule has 23 heavy (non-hydrogen) atoms. The zero-order valence-electron chi connectivity index (χ0n) is 12.5. The minimum Gasteiger partial charge on any atom is -0.497 e. The van der Waals surface area contributed by atoms with Crippen molar-refractivity contribution in [2.24, 2.45) is 0 Å². The maximum absolute atomic E-state index is 9.64. The summed E-state index contributed by atoms with van der Waals surface area (Å²) >= 11 is 0. The van der Waals surface area contributed by atoms with Gasteiger partial charge in [-0.15, -0.1) is 0 Å². The van der Waals surface area contributed by atoms with Crippen molar-refractivity contribution >= 4 is 5.95 Å². The zero-order valence-corrected chi connectivity index (χ0v) is 12.5. The summed E-state index contributed by atoms with van der Waals surface area (Å²) in [5.74, 6) is 0.811. The highest BCUT2D eigenvalue weighted by Crippen LogP contribution is 2.31. The molecule has 0 saturated heterocycles. The maximum atomic E-state index is 9.64. The number of nitrogen functional groups attached to an aromatic ring is 1. The molecule has 0 aliphatic heterocycles. The second-order valence-corrected chi connectivity index (χ2v) is 4.86. The lowest BCUT2D eigenvalue weighted by Crippen LogP contribution is -2.03. The fourth-order valence-electron chi connectivity index (χ4n) is 2.37. The molecule has 0 radical (unpaired) electrons. The number of rotatable bonds is 3. The molecule has 0 bridgehead atoms. The Morgan fingerprint density at radius 2 is 1.61 bits per heavy atom. The molecule has 112 valence electrons. The van der Waals surface area contributed by atoms with Gasteiger partial charge in [-0.2, -0.15) is 5.26 Å². The van der Waals surface area contributed by atoms with E-state index in [0.29, 0.717) is 22.7 Å². The second kappa shape index (κ2) is 6.16. The average Bonchev–Trinajstić information content (AvgIpc) is 2.61. The topological polar surface area (TPSA) is 84.8 Å². The molecule has 5 heteroatoms. The Balaban J connectivity index is 2.26. The van der Waals surface area contributed by atoms with Gasteiger partial charge in [0.15, 0.2) is 0 Å². The van der Waals surface area contributed by atoms with Gasteiger partial charge < -0.3 is 10.5 Å². The maximum Gasteiger partial charge on any atom is 0.221 e. The molecule has 0 aliphatic carbocycles. The first-order valence-electron chi connectivity index (χ1n) is 7.00. The summed E-state index contributed by atoms with van der Waals surface area (Å²) in [6, 6.07) is 19.0. The lowest BCUT2D eigenvalue weighted by atomic mass is 10.0. The largest absolute Gasteiger partial charge is 0.497 e. The van der Waals surface area contributed by atoms with E-state index in [1.54, 1.807) is 7.11 Å². The van der Waals surface area contributed by atoms with Crippen LogP contribution in [-0.4, -0.2) is 17.1 Å². The molecule has 1 aromatic heterocycles. The van der Waals surface area contributed by atoms with E-state index in [4.69, 9.17) is 10.5 Å². The predicted octanol–water partition coefficient (Wildman–Crippen LogP) is 3.27. The van der Waals surface area contributed by atoms with Gasteiger partial charge in [0, 0.05) is 11.1 Å². The molecular formula is C18H14N4O. The lowest BCUT2D eigenvalue weighted by Gasteiger charge is -2.10. The normalized spacial score (nSPS) is 10.1. The fourth-order valence-corrected chi connectivity index (χ4v) is 2.37. The minimum atomic E-state index is 0.126. The van der Waals surface area contributed by atoms with Crippen molar-refractivity contribution < 1.29 is 4.74 Å². The molecule has 2 aromatic carbocycles. The number of anilines is 1. The van der Waals surface area contributed by atoms with Crippen LogP contribution in [0.2, 0.25) is 0 Å². The Morgan fingerprint density at radius 1 is 0.957 bits per heavy atom. The van der Waals surface area contributed by atoms with Crippen molar-refractivity contribution in [2.75, 3.05) is 12.8 Å². The third-order valence-electron chi connectivity index (χ3n) is 3.43. The quantitative estimate of drug-likeness (QED) is 0.802. The molecule has 0 amide bonds. The van der Waals surface area contributed by atoms with Crippen molar-refractivity contribution in [3.05, 3.63) is 60.2 Å². The molecule has 0 unspecified atom stereocenters. The van der Waals surface area contributed by atoms with Crippen LogP contribution in [0.5, 0.6) is 5.75 Å². The highest BCUT2D eigenvalue weighted by Gasteiger charge is 2.16. The van der Waals surface area contributed by atoms with Gasteiger partial charge in [-0.3, -0.25) is 0 Å². The SMILES string of the molecule is COc1cccc(-c2nc(N)nc(-c3ccccc3)c2C#N)c1. The van der Waals surface area contributed by atoms with Gasteiger partial charge in [0.1, 0.15) is 17.4 Å². The van der Waals surface area contributed by atoms with Crippen LogP contribution in [0.3, 0.4) is 0 Å². The van der Waals surface area contributed by atoms with Gasteiger partial charge in [-0.1, -0.05) is 42.5 Å². The van der Waals surface area contributed by atoms with E-state index in [-0.39, 0.29) is 5.95 Å². The highest BCUT2D eigenvalue weighted by molar-refractivity contribution is 5.78. The van der Waals surface area contributed by atoms with E-state index >= 15 is 0 Å². The van der Waals surface area contributed by atoms with E-state index in [1.807, 2.05) is 54.6 Å². The van der Waals surface area contributed by atoms with Crippen molar-refractivity contribution in [1.29, 1.82) is 5.26 Å². The summed E-state index contributed by atoms with van der Waals surface area (Å²) in [5.41, 5.74) is 8.86. The van der Waals surface area contributed by atoms with Gasteiger partial charge in [-0.25, -0.2) is 9.97 Å². The minimum absolute atomic E-state index is 0.126. The molecule has 0 fully saturated rings. The molecule has 0 spiro atoms. The predicted molar refractivity (Wildman–Crippen MR) is 88.6 cm³/mol. The number of hydrogen-bond acceptors (Lipinski definition) is 5. The zero-order chi connectivity index (χ0) is 16.2. The van der Waals surface area contributed by atoms with Crippen molar-refractivity contribution in [3.8, 4) is 34.3 Å². The summed E-state index contributed by atoms with van der Waals surface area (Å²) in [6.45, 7) is 0. The Morgan fingerprint density at radius 3 is 2.26 bits per heavy atom. The standard InChI is InChI=1S/C18H14N4O/c1-23-14-9-5-8-13(10-14)17-15(11-19)16(21-18(20)22-17)12-6-3-2-4-7-12/h2-10H,1H3,(H2,20,21,22). The van der Waals surface area contributed by atoms with Crippen molar-refractivity contribution in [2.45, 2.75) is 0 Å². The average molecular weight is 302 g/mol. The summed E-state index contributed by atoms with van der Waals surface area (Å²) in [4.78, 5) is 8.52. The molecule has 0 saturated carbocycles. The van der Waals surface area contributed by atoms with Gasteiger partial charge in [0.05, 0.1) is 18.5 Å². The van der Waals surface area contributed by atoms with Crippen LogP contribution in [0.4, 0.5) is 5.95 Å². The molecule has 3 aromatic rings. The Labute approximate surface area is 134 Å². The third-order valence-corrected chi connectivity index (χ3v) is 3.43. The van der Waals surface area contributed by atoms with Crippen LogP contribution in [0.1, 0.15) is 5.56 Å². The Bertz CT molecular complexity index is 885. The molecule has 0 atom stereocenters. The van der Waals surface area contributed by atoms with E-state index in [2.05, 4.69) is 16.0 Å². The first-order chi connectivity index (χ1) is 11.2. The second-order valence-electron chi connectivity index (χ2n) is 4.86. The van der Waals surface area contributed by atoms with E-state index in [9.17, 15) is 5.26 Å². The summed E-state index contributed by atoms with van der Waals surface area (Å²) < 4.78 is 5.24. The Hall–Kier alpha value is -3.39. The number of benzene rings is 2. The number of ether oxygens (including phenoxy) is 1. The van der Waals surface area contributed by atoms with Gasteiger partial charge in [-0.05, 0) is 12.1 Å². The van der Waals surface area contributed by atoms with Crippen LogP contribution < -0.4 is 10.5 Å². The van der Waals surface area contributed by atoms with Crippen LogP contribution in [0.15, 0.2) is 54.6 Å². The van der Waals surface area contributed by atoms with E-state index in [0.717, 1.165) is 11.1 Å². The fraction of sp³-hybridized carbons (Fsp3) is 0.0556. The molecular weight excluding hydrogens is 288 g/mol. The third kappa shape index (κ3) is 2.83. The van der Waals surface area contributed by atoms with Gasteiger partial charge >= 0.3 is 0 Å². The number of nitriles is 1.